The molecule has 2 heterocycles. The number of nitrogens with zero attached hydrogens (tertiary/aromatic N) is 3. The molecule has 0 atom stereocenters. The van der Waals surface area contributed by atoms with Crippen molar-refractivity contribution in [3.63, 3.8) is 0 Å². The van der Waals surface area contributed by atoms with E-state index in [-0.39, 0.29) is 23.2 Å². The number of methoxy groups -OCH3 is 1. The lowest BCUT2D eigenvalue weighted by Gasteiger charge is -2.33. The van der Waals surface area contributed by atoms with Crippen LogP contribution in [-0.4, -0.2) is 48.7 Å². The summed E-state index contributed by atoms with van der Waals surface area (Å²) < 4.78 is 37.9. The van der Waals surface area contributed by atoms with Gasteiger partial charge in [-0.3, -0.25) is 0 Å². The molecule has 0 radical (unpaired) electrons. The minimum atomic E-state index is -0.935. The van der Waals surface area contributed by atoms with Gasteiger partial charge in [-0.2, -0.15) is 5.26 Å². The molecule has 44 heavy (non-hydrogen) atoms. The van der Waals surface area contributed by atoms with Crippen LogP contribution in [0.25, 0.3) is 27.8 Å². The van der Waals surface area contributed by atoms with Crippen molar-refractivity contribution >= 4 is 28.8 Å². The van der Waals surface area contributed by atoms with Gasteiger partial charge in [-0.05, 0) is 75.4 Å². The van der Waals surface area contributed by atoms with Crippen LogP contribution in [0.2, 0.25) is 0 Å². The smallest absolute Gasteiger partial charge is 0.494 e. The Hall–Kier alpha value is -5.24. The second kappa shape index (κ2) is 12.2. The molecule has 0 unspecified atom stereocenters. The molecular weight excluding hydrogens is 567 g/mol. The van der Waals surface area contributed by atoms with Gasteiger partial charge in [0.15, 0.2) is 17.3 Å². The fraction of sp³-hybridized carbons (Fsp3) is 0.303. The fourth-order valence-corrected chi connectivity index (χ4v) is 5.30. The molecule has 228 valence electrons. The van der Waals surface area contributed by atoms with Crippen LogP contribution >= 0.6 is 0 Å². The molecule has 10 nitrogen and oxygen atoms in total. The average Bonchev–Trinajstić information content (AvgIpc) is 3.35. The molecule has 0 aliphatic carbocycles. The number of piperidine rings is 1. The molecule has 1 aromatic heterocycles. The summed E-state index contributed by atoms with van der Waals surface area (Å²) in [7, 11) is 1.41. The van der Waals surface area contributed by atoms with Gasteiger partial charge < -0.3 is 34.1 Å². The van der Waals surface area contributed by atoms with Gasteiger partial charge in [0, 0.05) is 54.3 Å². The van der Waals surface area contributed by atoms with Crippen LogP contribution in [0.5, 0.6) is 11.5 Å². The van der Waals surface area contributed by atoms with E-state index in [2.05, 4.69) is 11.0 Å². The number of benzene rings is 3. The highest BCUT2D eigenvalue weighted by Crippen LogP contribution is 2.37. The molecule has 1 aliphatic heterocycles. The molecule has 4 aromatic rings. The SMILES string of the molecule is COc1ccc(-c2cc3cc(N4CCC(OC(N)=O)CC4)ccc3n2-c2ccc(C#N)c(OC(=O)OC(C)(C)C)c2)cc1F. The van der Waals surface area contributed by atoms with E-state index in [4.69, 9.17) is 24.7 Å². The van der Waals surface area contributed by atoms with Crippen molar-refractivity contribution in [3.8, 4) is 34.5 Å². The predicted molar refractivity (Wildman–Crippen MR) is 163 cm³/mol. The van der Waals surface area contributed by atoms with E-state index in [1.165, 1.54) is 13.2 Å². The predicted octanol–water partition coefficient (Wildman–Crippen LogP) is 6.69. The summed E-state index contributed by atoms with van der Waals surface area (Å²) in [5.74, 6) is -0.364. The van der Waals surface area contributed by atoms with Crippen LogP contribution in [0, 0.1) is 17.1 Å². The van der Waals surface area contributed by atoms with Gasteiger partial charge in [0.05, 0.1) is 23.9 Å². The number of hydrogen-bond acceptors (Lipinski definition) is 8. The van der Waals surface area contributed by atoms with Gasteiger partial charge in [-0.15, -0.1) is 0 Å². The van der Waals surface area contributed by atoms with Crippen LogP contribution in [0.4, 0.5) is 19.7 Å². The first-order valence-corrected chi connectivity index (χ1v) is 14.1. The fourth-order valence-electron chi connectivity index (χ4n) is 5.30. The minimum Gasteiger partial charge on any atom is -0.494 e. The quantitative estimate of drug-likeness (QED) is 0.191. The molecule has 1 saturated heterocycles. The largest absolute Gasteiger partial charge is 0.514 e. The number of carbonyl (C=O) groups is 2. The molecule has 2 N–H and O–H groups in total. The van der Waals surface area contributed by atoms with Gasteiger partial charge in [-0.1, -0.05) is 0 Å². The van der Waals surface area contributed by atoms with Crippen molar-refractivity contribution in [1.82, 2.24) is 4.57 Å². The molecule has 5 rings (SSSR count). The third-order valence-electron chi connectivity index (χ3n) is 7.25. The number of nitrogens with two attached hydrogens (primary N) is 1. The number of amides is 1. The Morgan fingerprint density at radius 3 is 2.34 bits per heavy atom. The maximum absolute atomic E-state index is 14.9. The zero-order valence-electron chi connectivity index (χ0n) is 24.9. The monoisotopic (exact) mass is 600 g/mol. The van der Waals surface area contributed by atoms with Crippen molar-refractivity contribution in [2.75, 3.05) is 25.1 Å². The van der Waals surface area contributed by atoms with Crippen LogP contribution in [0.3, 0.4) is 0 Å². The third-order valence-corrected chi connectivity index (χ3v) is 7.25. The molecule has 3 aromatic carbocycles. The van der Waals surface area contributed by atoms with E-state index in [0.717, 1.165) is 16.6 Å². The van der Waals surface area contributed by atoms with Crippen molar-refractivity contribution in [2.24, 2.45) is 5.73 Å². The van der Waals surface area contributed by atoms with Crippen molar-refractivity contribution in [3.05, 3.63) is 72.0 Å². The number of halogens is 1. The van der Waals surface area contributed by atoms with E-state index >= 15 is 0 Å². The molecular formula is C33H33FN4O6. The van der Waals surface area contributed by atoms with E-state index < -0.39 is 23.7 Å². The molecule has 11 heteroatoms. The topological polar surface area (TPSA) is 129 Å². The lowest BCUT2D eigenvalue weighted by Crippen LogP contribution is -2.38. The van der Waals surface area contributed by atoms with Crippen molar-refractivity contribution in [1.29, 1.82) is 5.26 Å². The van der Waals surface area contributed by atoms with Crippen LogP contribution < -0.4 is 20.1 Å². The van der Waals surface area contributed by atoms with Crippen LogP contribution in [0.15, 0.2) is 60.7 Å². The van der Waals surface area contributed by atoms with Crippen LogP contribution in [-0.2, 0) is 9.47 Å². The lowest BCUT2D eigenvalue weighted by molar-refractivity contribution is 0.0205. The summed E-state index contributed by atoms with van der Waals surface area (Å²) in [5, 5.41) is 10.6. The Kier molecular flexibility index (Phi) is 8.36. The Morgan fingerprint density at radius 2 is 1.70 bits per heavy atom. The van der Waals surface area contributed by atoms with Gasteiger partial charge >= 0.3 is 12.2 Å². The first-order valence-electron chi connectivity index (χ1n) is 14.1. The first kappa shape index (κ1) is 30.2. The Morgan fingerprint density at radius 1 is 0.977 bits per heavy atom. The highest BCUT2D eigenvalue weighted by atomic mass is 19.1. The summed E-state index contributed by atoms with van der Waals surface area (Å²) in [6.45, 7) is 6.51. The Labute approximate surface area is 254 Å². The lowest BCUT2D eigenvalue weighted by atomic mass is 10.1. The maximum atomic E-state index is 14.9. The van der Waals surface area contributed by atoms with Crippen LogP contribution in [0.1, 0.15) is 39.2 Å². The average molecular weight is 601 g/mol. The molecule has 0 spiro atoms. The number of anilines is 1. The maximum Gasteiger partial charge on any atom is 0.514 e. The number of rotatable bonds is 6. The highest BCUT2D eigenvalue weighted by Gasteiger charge is 2.24. The molecule has 1 fully saturated rings. The zero-order chi connectivity index (χ0) is 31.6. The van der Waals surface area contributed by atoms with Gasteiger partial charge in [0.2, 0.25) is 0 Å². The Balaban J connectivity index is 1.59. The van der Waals surface area contributed by atoms with Crippen molar-refractivity contribution < 1.29 is 32.9 Å². The van der Waals surface area contributed by atoms with E-state index in [1.54, 1.807) is 51.1 Å². The number of hydrogen-bond donors (Lipinski definition) is 1. The number of aromatic nitrogens is 1. The highest BCUT2D eigenvalue weighted by molar-refractivity contribution is 5.92. The third kappa shape index (κ3) is 6.54. The second-order valence-corrected chi connectivity index (χ2v) is 11.4. The number of primary amides is 1. The summed E-state index contributed by atoms with van der Waals surface area (Å²) in [5.41, 5.74) is 8.18. The van der Waals surface area contributed by atoms with Gasteiger partial charge in [0.1, 0.15) is 17.8 Å². The number of nitriles is 1. The molecule has 0 saturated carbocycles. The van der Waals surface area contributed by atoms with E-state index in [0.29, 0.717) is 42.9 Å². The minimum absolute atomic E-state index is 0.0330. The number of carbonyl (C=O) groups excluding carboxylic acids is 2. The van der Waals surface area contributed by atoms with Gasteiger partial charge in [0.25, 0.3) is 0 Å². The first-order chi connectivity index (χ1) is 21.0. The van der Waals surface area contributed by atoms with E-state index in [9.17, 15) is 19.2 Å². The number of fused-ring (bicyclic) bond motifs is 1. The molecule has 0 bridgehead atoms. The summed E-state index contributed by atoms with van der Waals surface area (Å²) >= 11 is 0. The standard InChI is InChI=1S/C33H33FN4O6/c1-33(2,3)44-32(40)43-30-18-24(7-5-21(30)19-35)38-27-9-8-23(37-13-11-25(12-14-37)42-31(36)39)15-22(27)17-28(38)20-6-10-29(41-4)26(34)16-20/h5-10,15-18,25H,11-14H2,1-4H3,(H2,36,39). The Bertz CT molecular complexity index is 1760. The molecule has 1 aliphatic rings. The van der Waals surface area contributed by atoms with E-state index in [1.807, 2.05) is 28.8 Å². The molecule has 1 amide bonds. The van der Waals surface area contributed by atoms with Crippen molar-refractivity contribution in [2.45, 2.75) is 45.3 Å². The summed E-state index contributed by atoms with van der Waals surface area (Å²) in [6, 6.07) is 19.6. The summed E-state index contributed by atoms with van der Waals surface area (Å²) in [4.78, 5) is 25.9. The number of ether oxygens (including phenoxy) is 4. The zero-order valence-corrected chi connectivity index (χ0v) is 24.9. The normalized spacial score (nSPS) is 13.8. The second-order valence-electron chi connectivity index (χ2n) is 11.4. The van der Waals surface area contributed by atoms with Gasteiger partial charge in [-0.25, -0.2) is 14.0 Å². The summed E-state index contributed by atoms with van der Waals surface area (Å²) in [6.07, 6.45) is -0.598.